The number of hydrogen-bond donors (Lipinski definition) is 0. The molecular formula is C11H15BrO2. The van der Waals surface area contributed by atoms with Gasteiger partial charge in [0.25, 0.3) is 0 Å². The molecule has 0 amide bonds. The van der Waals surface area contributed by atoms with Crippen LogP contribution in [0.1, 0.15) is 11.1 Å². The Morgan fingerprint density at radius 1 is 1.29 bits per heavy atom. The molecule has 1 rings (SSSR count). The van der Waals surface area contributed by atoms with Gasteiger partial charge in [-0.1, -0.05) is 22.0 Å². The van der Waals surface area contributed by atoms with Gasteiger partial charge in [0.2, 0.25) is 0 Å². The van der Waals surface area contributed by atoms with Crippen LogP contribution in [0.2, 0.25) is 0 Å². The van der Waals surface area contributed by atoms with E-state index < -0.39 is 0 Å². The van der Waals surface area contributed by atoms with Crippen LogP contribution in [0.15, 0.2) is 22.7 Å². The lowest BCUT2D eigenvalue weighted by atomic mass is 10.1. The second-order valence-corrected chi connectivity index (χ2v) is 4.09. The molecule has 0 radical (unpaired) electrons. The van der Waals surface area contributed by atoms with E-state index in [1.54, 1.807) is 14.2 Å². The Morgan fingerprint density at radius 3 is 2.43 bits per heavy atom. The van der Waals surface area contributed by atoms with E-state index in [0.717, 1.165) is 10.9 Å². The maximum absolute atomic E-state index is 5.15. The van der Waals surface area contributed by atoms with E-state index in [0.29, 0.717) is 0 Å². The zero-order valence-corrected chi connectivity index (χ0v) is 10.3. The molecule has 0 fully saturated rings. The lowest BCUT2D eigenvalue weighted by Crippen LogP contribution is -2.16. The first-order valence-electron chi connectivity index (χ1n) is 4.48. The van der Waals surface area contributed by atoms with Gasteiger partial charge in [0, 0.05) is 25.1 Å². The monoisotopic (exact) mass is 258 g/mol. The molecule has 0 atom stereocenters. The summed E-state index contributed by atoms with van der Waals surface area (Å²) in [6, 6.07) is 6.22. The fourth-order valence-electron chi connectivity index (χ4n) is 1.33. The zero-order chi connectivity index (χ0) is 10.6. The molecule has 0 aromatic heterocycles. The summed E-state index contributed by atoms with van der Waals surface area (Å²) in [6.45, 7) is 2.09. The number of halogens is 1. The fraction of sp³-hybridized carbons (Fsp3) is 0.455. The summed E-state index contributed by atoms with van der Waals surface area (Å²) < 4.78 is 11.4. The third-order valence-electron chi connectivity index (χ3n) is 2.22. The van der Waals surface area contributed by atoms with E-state index in [2.05, 4.69) is 35.0 Å². The quantitative estimate of drug-likeness (QED) is 0.774. The van der Waals surface area contributed by atoms with Crippen molar-refractivity contribution in [3.8, 4) is 0 Å². The molecule has 3 heteroatoms. The maximum Gasteiger partial charge on any atom is 0.160 e. The second-order valence-electron chi connectivity index (χ2n) is 3.18. The Kier molecular flexibility index (Phi) is 4.58. The summed E-state index contributed by atoms with van der Waals surface area (Å²) in [4.78, 5) is 0. The Labute approximate surface area is 93.4 Å². The van der Waals surface area contributed by atoms with Crippen LogP contribution in [0.4, 0.5) is 0 Å². The summed E-state index contributed by atoms with van der Waals surface area (Å²) in [5, 5.41) is 0. The van der Waals surface area contributed by atoms with Crippen LogP contribution in [0.25, 0.3) is 0 Å². The topological polar surface area (TPSA) is 18.5 Å². The SMILES string of the molecule is COC(Cc1ccc(Br)cc1C)OC. The summed E-state index contributed by atoms with van der Waals surface area (Å²) in [5.41, 5.74) is 2.50. The fourth-order valence-corrected chi connectivity index (χ4v) is 1.81. The smallest absolute Gasteiger partial charge is 0.160 e. The Hall–Kier alpha value is -0.380. The first kappa shape index (κ1) is 11.7. The minimum absolute atomic E-state index is 0.158. The Bertz CT molecular complexity index is 295. The van der Waals surface area contributed by atoms with E-state index >= 15 is 0 Å². The van der Waals surface area contributed by atoms with Gasteiger partial charge in [-0.15, -0.1) is 0 Å². The van der Waals surface area contributed by atoms with Crippen LogP contribution < -0.4 is 0 Å². The van der Waals surface area contributed by atoms with Crippen LogP contribution in [-0.2, 0) is 15.9 Å². The molecule has 0 heterocycles. The first-order chi connectivity index (χ1) is 6.67. The molecule has 0 bridgehead atoms. The highest BCUT2D eigenvalue weighted by Gasteiger charge is 2.08. The highest BCUT2D eigenvalue weighted by atomic mass is 79.9. The van der Waals surface area contributed by atoms with Crippen molar-refractivity contribution in [3.63, 3.8) is 0 Å². The van der Waals surface area contributed by atoms with Gasteiger partial charge in [-0.05, 0) is 30.2 Å². The van der Waals surface area contributed by atoms with Crippen molar-refractivity contribution in [1.29, 1.82) is 0 Å². The van der Waals surface area contributed by atoms with Gasteiger partial charge in [0.1, 0.15) is 0 Å². The van der Waals surface area contributed by atoms with Crippen LogP contribution in [-0.4, -0.2) is 20.5 Å². The van der Waals surface area contributed by atoms with Crippen molar-refractivity contribution in [2.45, 2.75) is 19.6 Å². The largest absolute Gasteiger partial charge is 0.356 e. The molecule has 0 aliphatic rings. The van der Waals surface area contributed by atoms with Gasteiger partial charge in [0.15, 0.2) is 6.29 Å². The summed E-state index contributed by atoms with van der Waals surface area (Å²) >= 11 is 3.43. The Balaban J connectivity index is 2.76. The van der Waals surface area contributed by atoms with Gasteiger partial charge in [-0.3, -0.25) is 0 Å². The molecule has 0 aliphatic carbocycles. The summed E-state index contributed by atoms with van der Waals surface area (Å²) in [6.07, 6.45) is 0.626. The molecular weight excluding hydrogens is 244 g/mol. The van der Waals surface area contributed by atoms with Crippen molar-refractivity contribution in [3.05, 3.63) is 33.8 Å². The lowest BCUT2D eigenvalue weighted by Gasteiger charge is -2.14. The lowest BCUT2D eigenvalue weighted by molar-refractivity contribution is -0.100. The zero-order valence-electron chi connectivity index (χ0n) is 8.71. The number of hydrogen-bond acceptors (Lipinski definition) is 2. The highest BCUT2D eigenvalue weighted by molar-refractivity contribution is 9.10. The van der Waals surface area contributed by atoms with Crippen molar-refractivity contribution < 1.29 is 9.47 Å². The van der Waals surface area contributed by atoms with Crippen LogP contribution in [0, 0.1) is 6.92 Å². The van der Waals surface area contributed by atoms with Crippen LogP contribution >= 0.6 is 15.9 Å². The Morgan fingerprint density at radius 2 is 1.93 bits per heavy atom. The van der Waals surface area contributed by atoms with E-state index in [-0.39, 0.29) is 6.29 Å². The molecule has 0 saturated carbocycles. The standard InChI is InChI=1S/C11H15BrO2/c1-8-6-10(12)5-4-9(8)7-11(13-2)14-3/h4-6,11H,7H2,1-3H3. The maximum atomic E-state index is 5.15. The molecule has 0 saturated heterocycles. The summed E-state index contributed by atoms with van der Waals surface area (Å²) in [5.74, 6) is 0. The molecule has 0 N–H and O–H groups in total. The third kappa shape index (κ3) is 3.08. The van der Waals surface area contributed by atoms with Crippen molar-refractivity contribution in [1.82, 2.24) is 0 Å². The summed E-state index contributed by atoms with van der Waals surface area (Å²) in [7, 11) is 3.31. The minimum atomic E-state index is -0.158. The molecule has 14 heavy (non-hydrogen) atoms. The van der Waals surface area contributed by atoms with Crippen LogP contribution in [0.5, 0.6) is 0 Å². The molecule has 1 aromatic carbocycles. The normalized spacial score (nSPS) is 10.9. The van der Waals surface area contributed by atoms with Gasteiger partial charge in [-0.25, -0.2) is 0 Å². The number of rotatable bonds is 4. The molecule has 1 aromatic rings. The van der Waals surface area contributed by atoms with E-state index in [1.165, 1.54) is 11.1 Å². The highest BCUT2D eigenvalue weighted by Crippen LogP contribution is 2.17. The van der Waals surface area contributed by atoms with Gasteiger partial charge < -0.3 is 9.47 Å². The molecule has 2 nitrogen and oxygen atoms in total. The van der Waals surface area contributed by atoms with Gasteiger partial charge in [-0.2, -0.15) is 0 Å². The van der Waals surface area contributed by atoms with E-state index in [1.807, 2.05) is 6.07 Å². The average Bonchev–Trinajstić information content (AvgIpc) is 2.17. The van der Waals surface area contributed by atoms with Gasteiger partial charge >= 0.3 is 0 Å². The van der Waals surface area contributed by atoms with Crippen LogP contribution in [0.3, 0.4) is 0 Å². The number of ether oxygens (including phenoxy) is 2. The van der Waals surface area contributed by atoms with Crippen molar-refractivity contribution >= 4 is 15.9 Å². The molecule has 78 valence electrons. The van der Waals surface area contributed by atoms with Crippen molar-refractivity contribution in [2.75, 3.05) is 14.2 Å². The van der Waals surface area contributed by atoms with E-state index in [4.69, 9.17) is 9.47 Å². The third-order valence-corrected chi connectivity index (χ3v) is 2.71. The number of methoxy groups -OCH3 is 2. The molecule has 0 spiro atoms. The predicted molar refractivity (Wildman–Crippen MR) is 60.4 cm³/mol. The first-order valence-corrected chi connectivity index (χ1v) is 5.27. The van der Waals surface area contributed by atoms with E-state index in [9.17, 15) is 0 Å². The number of benzene rings is 1. The van der Waals surface area contributed by atoms with Crippen molar-refractivity contribution in [2.24, 2.45) is 0 Å². The minimum Gasteiger partial charge on any atom is -0.356 e. The molecule has 0 aliphatic heterocycles. The number of aryl methyl sites for hydroxylation is 1. The van der Waals surface area contributed by atoms with Gasteiger partial charge in [0.05, 0.1) is 0 Å². The second kappa shape index (κ2) is 5.49. The predicted octanol–water partition coefficient (Wildman–Crippen LogP) is 2.92. The molecule has 0 unspecified atom stereocenters. The average molecular weight is 259 g/mol.